The van der Waals surface area contributed by atoms with Gasteiger partial charge < -0.3 is 9.64 Å². The van der Waals surface area contributed by atoms with E-state index in [4.69, 9.17) is 10.00 Å². The van der Waals surface area contributed by atoms with E-state index >= 15 is 0 Å². The standard InChI is InChI=1S/C22H20N2O3S/c1-16-12-13-24(19-4-2-3-5-20(19)28-16)21(25)15-27-22(26)11-10-17-6-8-18(14-23)9-7-17/h2-11,16H,12-13,15H2,1H3/b11-10+/t16-/m1/s1. The summed E-state index contributed by atoms with van der Waals surface area (Å²) in [5.74, 6) is -0.814. The number of hydrogen-bond donors (Lipinski definition) is 0. The van der Waals surface area contributed by atoms with Crippen molar-refractivity contribution in [2.24, 2.45) is 0 Å². The van der Waals surface area contributed by atoms with Gasteiger partial charge >= 0.3 is 5.97 Å². The molecule has 1 aliphatic rings. The minimum absolute atomic E-state index is 0.234. The number of nitrogens with zero attached hydrogens (tertiary/aromatic N) is 2. The summed E-state index contributed by atoms with van der Waals surface area (Å²) < 4.78 is 5.13. The number of para-hydroxylation sites is 1. The highest BCUT2D eigenvalue weighted by molar-refractivity contribution is 8.00. The van der Waals surface area contributed by atoms with Crippen molar-refractivity contribution < 1.29 is 14.3 Å². The molecule has 1 heterocycles. The molecule has 0 aliphatic carbocycles. The minimum atomic E-state index is -0.580. The molecule has 142 valence electrons. The van der Waals surface area contributed by atoms with Crippen molar-refractivity contribution >= 4 is 35.4 Å². The summed E-state index contributed by atoms with van der Waals surface area (Å²) in [7, 11) is 0. The van der Waals surface area contributed by atoms with Gasteiger partial charge in [-0.25, -0.2) is 4.79 Å². The lowest BCUT2D eigenvalue weighted by Crippen LogP contribution is -2.35. The highest BCUT2D eigenvalue weighted by atomic mass is 32.2. The number of amides is 1. The summed E-state index contributed by atoms with van der Waals surface area (Å²) in [4.78, 5) is 27.4. The summed E-state index contributed by atoms with van der Waals surface area (Å²) in [6.45, 7) is 2.44. The zero-order chi connectivity index (χ0) is 19.9. The summed E-state index contributed by atoms with van der Waals surface area (Å²) in [5.41, 5.74) is 2.19. The molecule has 0 saturated carbocycles. The van der Waals surface area contributed by atoms with Gasteiger partial charge in [0.05, 0.1) is 17.3 Å². The number of esters is 1. The van der Waals surface area contributed by atoms with Crippen molar-refractivity contribution in [3.63, 3.8) is 0 Å². The Morgan fingerprint density at radius 1 is 1.25 bits per heavy atom. The number of fused-ring (bicyclic) bond motifs is 1. The van der Waals surface area contributed by atoms with Crippen LogP contribution in [0.2, 0.25) is 0 Å². The number of ether oxygens (including phenoxy) is 1. The monoisotopic (exact) mass is 392 g/mol. The first kappa shape index (κ1) is 19.7. The molecule has 1 aliphatic heterocycles. The molecule has 0 bridgehead atoms. The number of hydrogen-bond acceptors (Lipinski definition) is 5. The Labute approximate surface area is 168 Å². The van der Waals surface area contributed by atoms with Crippen molar-refractivity contribution in [3.05, 3.63) is 65.7 Å². The van der Waals surface area contributed by atoms with Gasteiger partial charge in [-0.3, -0.25) is 4.79 Å². The van der Waals surface area contributed by atoms with Gasteiger partial charge in [0, 0.05) is 22.8 Å². The third kappa shape index (κ3) is 5.02. The van der Waals surface area contributed by atoms with E-state index in [2.05, 4.69) is 6.92 Å². The molecule has 1 amide bonds. The average Bonchev–Trinajstić information content (AvgIpc) is 2.89. The predicted octanol–water partition coefficient (Wildman–Crippen LogP) is 4.03. The Morgan fingerprint density at radius 3 is 2.75 bits per heavy atom. The van der Waals surface area contributed by atoms with Crippen molar-refractivity contribution in [2.45, 2.75) is 23.5 Å². The SMILES string of the molecule is C[C@@H]1CCN(C(=O)COC(=O)/C=C/c2ccc(C#N)cc2)c2ccccc2S1. The fraction of sp³-hybridized carbons (Fsp3) is 0.227. The molecular formula is C22H20N2O3S. The average molecular weight is 392 g/mol. The molecule has 28 heavy (non-hydrogen) atoms. The summed E-state index contributed by atoms with van der Waals surface area (Å²) in [5, 5.41) is 9.20. The van der Waals surface area contributed by atoms with Crippen LogP contribution >= 0.6 is 11.8 Å². The maximum Gasteiger partial charge on any atom is 0.331 e. The molecular weight excluding hydrogens is 372 g/mol. The third-order valence-electron chi connectivity index (χ3n) is 4.33. The van der Waals surface area contributed by atoms with Crippen LogP contribution in [0.3, 0.4) is 0 Å². The molecule has 0 unspecified atom stereocenters. The Hall–Kier alpha value is -3.04. The topological polar surface area (TPSA) is 70.4 Å². The maximum absolute atomic E-state index is 12.7. The van der Waals surface area contributed by atoms with Crippen LogP contribution in [0, 0.1) is 11.3 Å². The fourth-order valence-corrected chi connectivity index (χ4v) is 3.95. The van der Waals surface area contributed by atoms with Crippen LogP contribution in [0.5, 0.6) is 0 Å². The summed E-state index contributed by atoms with van der Waals surface area (Å²) in [6, 6.07) is 16.6. The molecule has 0 aromatic heterocycles. The lowest BCUT2D eigenvalue weighted by Gasteiger charge is -2.22. The molecule has 0 saturated heterocycles. The second-order valence-electron chi connectivity index (χ2n) is 6.41. The Kier molecular flexibility index (Phi) is 6.51. The molecule has 2 aromatic rings. The van der Waals surface area contributed by atoms with Crippen molar-refractivity contribution in [1.82, 2.24) is 0 Å². The highest BCUT2D eigenvalue weighted by Crippen LogP contribution is 2.37. The van der Waals surface area contributed by atoms with Gasteiger partial charge in [0.15, 0.2) is 6.61 Å². The first-order chi connectivity index (χ1) is 13.6. The van der Waals surface area contributed by atoms with Gasteiger partial charge in [-0.2, -0.15) is 5.26 Å². The van der Waals surface area contributed by atoms with Gasteiger partial charge in [-0.05, 0) is 42.3 Å². The number of rotatable bonds is 4. The first-order valence-electron chi connectivity index (χ1n) is 8.98. The Balaban J connectivity index is 1.59. The van der Waals surface area contributed by atoms with E-state index in [1.807, 2.05) is 30.3 Å². The van der Waals surface area contributed by atoms with Crippen LogP contribution < -0.4 is 4.90 Å². The van der Waals surface area contributed by atoms with E-state index < -0.39 is 5.97 Å². The number of anilines is 1. The minimum Gasteiger partial charge on any atom is -0.452 e. The van der Waals surface area contributed by atoms with Crippen molar-refractivity contribution in [3.8, 4) is 6.07 Å². The number of nitriles is 1. The van der Waals surface area contributed by atoms with Crippen LogP contribution in [0.4, 0.5) is 5.69 Å². The van der Waals surface area contributed by atoms with E-state index in [1.165, 1.54) is 6.08 Å². The largest absolute Gasteiger partial charge is 0.452 e. The predicted molar refractivity (Wildman–Crippen MR) is 110 cm³/mol. The Morgan fingerprint density at radius 2 is 2.00 bits per heavy atom. The quantitative estimate of drug-likeness (QED) is 0.580. The van der Waals surface area contributed by atoms with E-state index in [0.29, 0.717) is 17.4 Å². The zero-order valence-electron chi connectivity index (χ0n) is 15.5. The lowest BCUT2D eigenvalue weighted by atomic mass is 10.1. The van der Waals surface area contributed by atoms with E-state index in [1.54, 1.807) is 47.0 Å². The smallest absolute Gasteiger partial charge is 0.331 e. The van der Waals surface area contributed by atoms with Crippen LogP contribution in [0.15, 0.2) is 59.5 Å². The molecule has 1 atom stereocenters. The van der Waals surface area contributed by atoms with Gasteiger partial charge in [0.1, 0.15) is 0 Å². The second kappa shape index (κ2) is 9.25. The van der Waals surface area contributed by atoms with E-state index in [-0.39, 0.29) is 12.5 Å². The number of thioether (sulfide) groups is 1. The van der Waals surface area contributed by atoms with Gasteiger partial charge in [0.2, 0.25) is 0 Å². The summed E-state index contributed by atoms with van der Waals surface area (Å²) >= 11 is 1.75. The molecule has 6 heteroatoms. The molecule has 5 nitrogen and oxygen atoms in total. The number of carbonyl (C=O) groups excluding carboxylic acids is 2. The van der Waals surface area contributed by atoms with E-state index in [0.717, 1.165) is 22.6 Å². The number of benzene rings is 2. The third-order valence-corrected chi connectivity index (χ3v) is 5.57. The van der Waals surface area contributed by atoms with Gasteiger partial charge in [-0.15, -0.1) is 11.8 Å². The maximum atomic E-state index is 12.7. The zero-order valence-corrected chi connectivity index (χ0v) is 16.3. The molecule has 0 radical (unpaired) electrons. The van der Waals surface area contributed by atoms with Crippen LogP contribution in [-0.4, -0.2) is 30.3 Å². The Bertz CT molecular complexity index is 932. The second-order valence-corrected chi connectivity index (χ2v) is 7.89. The van der Waals surface area contributed by atoms with Crippen molar-refractivity contribution in [2.75, 3.05) is 18.1 Å². The fourth-order valence-electron chi connectivity index (χ4n) is 2.84. The normalized spacial score (nSPS) is 16.1. The van der Waals surface area contributed by atoms with Gasteiger partial charge in [0.25, 0.3) is 5.91 Å². The van der Waals surface area contributed by atoms with Crippen molar-refractivity contribution in [1.29, 1.82) is 5.26 Å². The highest BCUT2D eigenvalue weighted by Gasteiger charge is 2.24. The lowest BCUT2D eigenvalue weighted by molar-refractivity contribution is -0.142. The molecule has 2 aromatic carbocycles. The molecule has 0 spiro atoms. The molecule has 0 N–H and O–H groups in total. The van der Waals surface area contributed by atoms with Crippen LogP contribution in [0.25, 0.3) is 6.08 Å². The van der Waals surface area contributed by atoms with E-state index in [9.17, 15) is 9.59 Å². The molecule has 3 rings (SSSR count). The van der Waals surface area contributed by atoms with Crippen LogP contribution in [-0.2, 0) is 14.3 Å². The van der Waals surface area contributed by atoms with Gasteiger partial charge in [-0.1, -0.05) is 31.2 Å². The summed E-state index contributed by atoms with van der Waals surface area (Å²) in [6.07, 6.45) is 3.74. The van der Waals surface area contributed by atoms with Crippen LogP contribution in [0.1, 0.15) is 24.5 Å². The first-order valence-corrected chi connectivity index (χ1v) is 9.86. The molecule has 0 fully saturated rings. The number of carbonyl (C=O) groups is 2.